The van der Waals surface area contributed by atoms with Gasteiger partial charge in [0.1, 0.15) is 5.75 Å². The monoisotopic (exact) mass is 286 g/mol. The van der Waals surface area contributed by atoms with E-state index in [9.17, 15) is 10.2 Å². The summed E-state index contributed by atoms with van der Waals surface area (Å²) in [4.78, 5) is 0. The van der Waals surface area contributed by atoms with E-state index in [1.54, 1.807) is 0 Å². The molecule has 2 fully saturated rings. The van der Waals surface area contributed by atoms with Gasteiger partial charge in [-0.15, -0.1) is 0 Å². The first kappa shape index (κ1) is 13.6. The van der Waals surface area contributed by atoms with Crippen LogP contribution >= 0.6 is 0 Å². The highest BCUT2D eigenvalue weighted by Gasteiger charge is 2.56. The molecule has 2 saturated carbocycles. The average molecular weight is 286 g/mol. The minimum Gasteiger partial charge on any atom is -0.508 e. The molecule has 0 radical (unpaired) electrons. The van der Waals surface area contributed by atoms with Crippen LogP contribution in [-0.2, 0) is 6.42 Å². The van der Waals surface area contributed by atoms with E-state index in [4.69, 9.17) is 0 Å². The summed E-state index contributed by atoms with van der Waals surface area (Å²) >= 11 is 0. The zero-order valence-corrected chi connectivity index (χ0v) is 13.0. The van der Waals surface area contributed by atoms with Crippen molar-refractivity contribution in [2.24, 2.45) is 23.2 Å². The summed E-state index contributed by atoms with van der Waals surface area (Å²) in [6.45, 7) is 4.69. The van der Waals surface area contributed by atoms with E-state index in [2.05, 4.69) is 19.9 Å². The number of aliphatic hydroxyl groups excluding tert-OH is 1. The number of aryl methyl sites for hydroxylation is 1. The SMILES string of the molecule is C[C@@H]1C[C@@]2(C)[C@H](CC[C@@H]2O)[C@@H]2CCc3cc(O)ccc3[C@H]21. The van der Waals surface area contributed by atoms with Crippen LogP contribution < -0.4 is 0 Å². The molecular weight excluding hydrogens is 260 g/mol. The Labute approximate surface area is 127 Å². The molecule has 2 N–H and O–H groups in total. The Morgan fingerprint density at radius 3 is 2.81 bits per heavy atom. The minimum atomic E-state index is -0.105. The van der Waals surface area contributed by atoms with Crippen molar-refractivity contribution in [3.63, 3.8) is 0 Å². The predicted molar refractivity (Wildman–Crippen MR) is 83.3 cm³/mol. The van der Waals surface area contributed by atoms with E-state index in [1.165, 1.54) is 24.0 Å². The summed E-state index contributed by atoms with van der Waals surface area (Å²) in [5.41, 5.74) is 2.96. The maximum Gasteiger partial charge on any atom is 0.115 e. The number of aliphatic hydroxyl groups is 1. The molecule has 0 spiro atoms. The Hall–Kier alpha value is -1.02. The molecule has 0 aliphatic heterocycles. The normalized spacial score (nSPS) is 44.8. The van der Waals surface area contributed by atoms with Gasteiger partial charge in [-0.1, -0.05) is 19.9 Å². The van der Waals surface area contributed by atoms with Gasteiger partial charge in [0.2, 0.25) is 0 Å². The highest BCUT2D eigenvalue weighted by Crippen LogP contribution is 2.62. The summed E-state index contributed by atoms with van der Waals surface area (Å²) < 4.78 is 0. The largest absolute Gasteiger partial charge is 0.508 e. The van der Waals surface area contributed by atoms with Crippen molar-refractivity contribution in [1.29, 1.82) is 0 Å². The lowest BCUT2D eigenvalue weighted by Gasteiger charge is -2.53. The van der Waals surface area contributed by atoms with Crippen LogP contribution in [0.4, 0.5) is 0 Å². The van der Waals surface area contributed by atoms with Crippen molar-refractivity contribution in [3.8, 4) is 5.75 Å². The quantitative estimate of drug-likeness (QED) is 0.760. The summed E-state index contributed by atoms with van der Waals surface area (Å²) in [6, 6.07) is 5.98. The molecule has 1 aromatic rings. The highest BCUT2D eigenvalue weighted by atomic mass is 16.3. The molecule has 3 aliphatic rings. The number of aromatic hydroxyl groups is 1. The Morgan fingerprint density at radius 1 is 1.19 bits per heavy atom. The molecule has 3 aliphatic carbocycles. The average Bonchev–Trinajstić information content (AvgIpc) is 2.74. The van der Waals surface area contributed by atoms with Crippen LogP contribution in [0, 0.1) is 23.2 Å². The third kappa shape index (κ3) is 1.81. The zero-order valence-electron chi connectivity index (χ0n) is 13.0. The standard InChI is InChI=1S/C19H26O2/c1-11-10-19(2)16(7-8-17(19)21)15-5-3-12-9-13(20)4-6-14(12)18(11)15/h4,6,9,11,15-18,20-21H,3,5,7-8,10H2,1-2H3/t11-,15+,16-,17+,18-,19+/m1/s1. The summed E-state index contributed by atoms with van der Waals surface area (Å²) in [7, 11) is 0. The van der Waals surface area contributed by atoms with Crippen LogP contribution in [0.2, 0.25) is 0 Å². The van der Waals surface area contributed by atoms with Crippen LogP contribution in [0.15, 0.2) is 18.2 Å². The number of phenols is 1. The van der Waals surface area contributed by atoms with Crippen molar-refractivity contribution in [1.82, 2.24) is 0 Å². The number of benzene rings is 1. The molecular formula is C19H26O2. The Morgan fingerprint density at radius 2 is 2.00 bits per heavy atom. The van der Waals surface area contributed by atoms with E-state index in [0.717, 1.165) is 19.3 Å². The smallest absolute Gasteiger partial charge is 0.115 e. The second kappa shape index (κ2) is 4.49. The van der Waals surface area contributed by atoms with Gasteiger partial charge in [-0.2, -0.15) is 0 Å². The molecule has 21 heavy (non-hydrogen) atoms. The van der Waals surface area contributed by atoms with Gasteiger partial charge in [0, 0.05) is 0 Å². The molecule has 0 heterocycles. The van der Waals surface area contributed by atoms with Crippen LogP contribution in [0.1, 0.15) is 56.6 Å². The second-order valence-corrected chi connectivity index (χ2v) is 8.00. The summed E-state index contributed by atoms with van der Waals surface area (Å²) in [5.74, 6) is 3.03. The van der Waals surface area contributed by atoms with Gasteiger partial charge in [0.25, 0.3) is 0 Å². The van der Waals surface area contributed by atoms with Crippen LogP contribution in [-0.4, -0.2) is 16.3 Å². The van der Waals surface area contributed by atoms with Crippen molar-refractivity contribution in [2.45, 2.75) is 58.0 Å². The molecule has 2 heteroatoms. The molecule has 2 nitrogen and oxygen atoms in total. The molecule has 0 unspecified atom stereocenters. The number of rotatable bonds is 0. The molecule has 114 valence electrons. The van der Waals surface area contributed by atoms with Crippen LogP contribution in [0.25, 0.3) is 0 Å². The van der Waals surface area contributed by atoms with E-state index >= 15 is 0 Å². The number of phenolic OH excluding ortho intramolecular Hbond substituents is 1. The van der Waals surface area contributed by atoms with Crippen molar-refractivity contribution in [2.75, 3.05) is 0 Å². The Bertz CT molecular complexity index is 567. The van der Waals surface area contributed by atoms with E-state index in [-0.39, 0.29) is 11.5 Å². The molecule has 0 aromatic heterocycles. The Kier molecular flexibility index (Phi) is 2.91. The topological polar surface area (TPSA) is 40.5 Å². The fourth-order valence-electron chi connectivity index (χ4n) is 6.10. The van der Waals surface area contributed by atoms with Crippen LogP contribution in [0.5, 0.6) is 5.75 Å². The van der Waals surface area contributed by atoms with Gasteiger partial charge >= 0.3 is 0 Å². The lowest BCUT2D eigenvalue weighted by molar-refractivity contribution is -0.0441. The van der Waals surface area contributed by atoms with Gasteiger partial charge in [-0.3, -0.25) is 0 Å². The molecule has 0 amide bonds. The van der Waals surface area contributed by atoms with E-state index in [0.29, 0.717) is 29.4 Å². The van der Waals surface area contributed by atoms with E-state index < -0.39 is 0 Å². The Balaban J connectivity index is 1.76. The second-order valence-electron chi connectivity index (χ2n) is 8.00. The van der Waals surface area contributed by atoms with Crippen LogP contribution in [0.3, 0.4) is 0 Å². The van der Waals surface area contributed by atoms with Crippen molar-refractivity contribution >= 4 is 0 Å². The van der Waals surface area contributed by atoms with Crippen molar-refractivity contribution in [3.05, 3.63) is 29.3 Å². The number of hydrogen-bond acceptors (Lipinski definition) is 2. The fraction of sp³-hybridized carbons (Fsp3) is 0.684. The lowest BCUT2D eigenvalue weighted by atomic mass is 9.52. The highest BCUT2D eigenvalue weighted by molar-refractivity contribution is 5.40. The van der Waals surface area contributed by atoms with Gasteiger partial charge < -0.3 is 10.2 Å². The summed E-state index contributed by atoms with van der Waals surface area (Å²) in [6.07, 6.45) is 5.52. The van der Waals surface area contributed by atoms with Gasteiger partial charge in [0.05, 0.1) is 6.10 Å². The molecule has 4 rings (SSSR count). The molecule has 1 aromatic carbocycles. The molecule has 0 saturated heterocycles. The number of hydrogen-bond donors (Lipinski definition) is 2. The van der Waals surface area contributed by atoms with Gasteiger partial charge in [-0.25, -0.2) is 0 Å². The van der Waals surface area contributed by atoms with Gasteiger partial charge in [-0.05, 0) is 84.5 Å². The first-order chi connectivity index (χ1) is 10.0. The van der Waals surface area contributed by atoms with Crippen molar-refractivity contribution < 1.29 is 10.2 Å². The van der Waals surface area contributed by atoms with E-state index in [1.807, 2.05) is 12.1 Å². The third-order valence-electron chi connectivity index (χ3n) is 6.95. The van der Waals surface area contributed by atoms with Gasteiger partial charge in [0.15, 0.2) is 0 Å². The molecule has 6 atom stereocenters. The number of fused-ring (bicyclic) bond motifs is 5. The zero-order chi connectivity index (χ0) is 14.8. The predicted octanol–water partition coefficient (Wildman–Crippen LogP) is 3.86. The fourth-order valence-corrected chi connectivity index (χ4v) is 6.10. The third-order valence-corrected chi connectivity index (χ3v) is 6.95. The maximum absolute atomic E-state index is 10.5. The summed E-state index contributed by atoms with van der Waals surface area (Å²) in [5, 5.41) is 20.2. The minimum absolute atomic E-state index is 0.105. The lowest BCUT2D eigenvalue weighted by Crippen LogP contribution is -2.47. The molecule has 0 bridgehead atoms. The first-order valence-corrected chi connectivity index (χ1v) is 8.50. The first-order valence-electron chi connectivity index (χ1n) is 8.50. The maximum atomic E-state index is 10.5.